The maximum Gasteiger partial charge on any atom is 0.420 e. The molecule has 0 aliphatic rings. The largest absolute Gasteiger partial charge is 0.464 e. The molecule has 0 aliphatic carbocycles. The second-order valence-electron chi connectivity index (χ2n) is 5.66. The van der Waals surface area contributed by atoms with Gasteiger partial charge in [0, 0.05) is 6.54 Å². The van der Waals surface area contributed by atoms with Gasteiger partial charge in [0.2, 0.25) is 0 Å². The maximum absolute atomic E-state index is 12.0. The third kappa shape index (κ3) is 7.68. The van der Waals surface area contributed by atoms with E-state index in [2.05, 4.69) is 12.2 Å². The van der Waals surface area contributed by atoms with Crippen LogP contribution in [0.5, 0.6) is 0 Å². The van der Waals surface area contributed by atoms with Crippen LogP contribution >= 0.6 is 0 Å². The molecule has 5 heteroatoms. The minimum atomic E-state index is -1.27. The number of benzene rings is 1. The Kier molecular flexibility index (Phi) is 9.52. The zero-order chi connectivity index (χ0) is 16.9. The summed E-state index contributed by atoms with van der Waals surface area (Å²) in [4.78, 5) is 24.0. The van der Waals surface area contributed by atoms with Crippen LogP contribution in [0.1, 0.15) is 58.3 Å². The van der Waals surface area contributed by atoms with Crippen LogP contribution in [0, 0.1) is 0 Å². The maximum atomic E-state index is 12.0. The van der Waals surface area contributed by atoms with E-state index < -0.39 is 12.1 Å². The van der Waals surface area contributed by atoms with E-state index in [1.54, 1.807) is 30.3 Å². The molecule has 0 heterocycles. The fraction of sp³-hybridized carbons (Fsp3) is 0.556. The van der Waals surface area contributed by atoms with Crippen molar-refractivity contribution in [2.24, 2.45) is 0 Å². The van der Waals surface area contributed by atoms with Crippen LogP contribution in [0.2, 0.25) is 0 Å². The van der Waals surface area contributed by atoms with Gasteiger partial charge in [-0.3, -0.25) is 0 Å². The molecule has 0 aromatic heterocycles. The fourth-order valence-electron chi connectivity index (χ4n) is 2.42. The first-order valence-corrected chi connectivity index (χ1v) is 8.52. The van der Waals surface area contributed by atoms with E-state index in [9.17, 15) is 14.7 Å². The molecule has 0 spiro atoms. The van der Waals surface area contributed by atoms with Crippen LogP contribution in [-0.2, 0) is 0 Å². The van der Waals surface area contributed by atoms with Crippen molar-refractivity contribution in [3.8, 4) is 0 Å². The summed E-state index contributed by atoms with van der Waals surface area (Å²) in [7, 11) is 0. The second kappa shape index (κ2) is 11.5. The van der Waals surface area contributed by atoms with Gasteiger partial charge in [-0.25, -0.2) is 9.59 Å². The van der Waals surface area contributed by atoms with Crippen LogP contribution in [0.3, 0.4) is 0 Å². The number of carboxylic acid groups (broad SMARTS) is 1. The third-order valence-electron chi connectivity index (χ3n) is 3.72. The highest BCUT2D eigenvalue weighted by atomic mass is 16.4. The van der Waals surface area contributed by atoms with E-state index in [0.717, 1.165) is 17.7 Å². The van der Waals surface area contributed by atoms with Gasteiger partial charge in [-0.05, 0) is 18.6 Å². The number of anilines is 1. The summed E-state index contributed by atoms with van der Waals surface area (Å²) >= 11 is 0. The van der Waals surface area contributed by atoms with Crippen LogP contribution < -0.4 is 10.2 Å². The zero-order valence-corrected chi connectivity index (χ0v) is 14.0. The third-order valence-corrected chi connectivity index (χ3v) is 3.72. The van der Waals surface area contributed by atoms with E-state index in [-0.39, 0.29) is 0 Å². The molecule has 0 fully saturated rings. The SMILES string of the molecule is CCCCCCCCCCNC(=O)N(C(=O)O)c1ccccc1. The van der Waals surface area contributed by atoms with Gasteiger partial charge in [-0.15, -0.1) is 0 Å². The number of carbonyl (C=O) groups excluding carboxylic acids is 1. The Balaban J connectivity index is 2.23. The lowest BCUT2D eigenvalue weighted by atomic mass is 10.1. The summed E-state index contributed by atoms with van der Waals surface area (Å²) in [5.74, 6) is 0. The van der Waals surface area contributed by atoms with E-state index in [1.165, 1.54) is 38.5 Å². The number of hydrogen-bond donors (Lipinski definition) is 2. The molecule has 5 nitrogen and oxygen atoms in total. The van der Waals surface area contributed by atoms with Crippen molar-refractivity contribution < 1.29 is 14.7 Å². The van der Waals surface area contributed by atoms with Crippen LogP contribution in [-0.4, -0.2) is 23.8 Å². The Hall–Kier alpha value is -2.04. The van der Waals surface area contributed by atoms with E-state index in [0.29, 0.717) is 12.2 Å². The summed E-state index contributed by atoms with van der Waals surface area (Å²) < 4.78 is 0. The number of amides is 3. The highest BCUT2D eigenvalue weighted by Crippen LogP contribution is 2.13. The summed E-state index contributed by atoms with van der Waals surface area (Å²) in [6.07, 6.45) is 8.21. The van der Waals surface area contributed by atoms with Gasteiger partial charge in [0.1, 0.15) is 0 Å². The smallest absolute Gasteiger partial charge is 0.420 e. The lowest BCUT2D eigenvalue weighted by Crippen LogP contribution is -2.43. The lowest BCUT2D eigenvalue weighted by Gasteiger charge is -2.17. The molecule has 0 unspecified atom stereocenters. The first-order chi connectivity index (χ1) is 11.2. The van der Waals surface area contributed by atoms with Gasteiger partial charge in [-0.1, -0.05) is 70.1 Å². The monoisotopic (exact) mass is 320 g/mol. The predicted molar refractivity (Wildman–Crippen MR) is 93.0 cm³/mol. The molecule has 1 aromatic carbocycles. The minimum Gasteiger partial charge on any atom is -0.464 e. The molecule has 0 aliphatic heterocycles. The molecule has 0 radical (unpaired) electrons. The van der Waals surface area contributed by atoms with Crippen molar-refractivity contribution in [3.63, 3.8) is 0 Å². The normalized spacial score (nSPS) is 10.3. The Morgan fingerprint density at radius 1 is 0.957 bits per heavy atom. The number of nitrogens with zero attached hydrogens (tertiary/aromatic N) is 1. The first kappa shape index (κ1) is 19.0. The van der Waals surface area contributed by atoms with Crippen molar-refractivity contribution in [1.82, 2.24) is 5.32 Å². The van der Waals surface area contributed by atoms with Crippen molar-refractivity contribution in [2.45, 2.75) is 58.3 Å². The molecule has 0 atom stereocenters. The van der Waals surface area contributed by atoms with E-state index in [4.69, 9.17) is 0 Å². The Morgan fingerprint density at radius 2 is 1.52 bits per heavy atom. The summed E-state index contributed by atoms with van der Waals surface area (Å²) in [6.45, 7) is 2.71. The molecule has 1 rings (SSSR count). The minimum absolute atomic E-state index is 0.355. The van der Waals surface area contributed by atoms with Gasteiger partial charge in [0.25, 0.3) is 0 Å². The molecule has 0 bridgehead atoms. The van der Waals surface area contributed by atoms with E-state index >= 15 is 0 Å². The number of nitrogens with one attached hydrogen (secondary N) is 1. The molecule has 128 valence electrons. The van der Waals surface area contributed by atoms with Crippen molar-refractivity contribution in [3.05, 3.63) is 30.3 Å². The van der Waals surface area contributed by atoms with E-state index in [1.807, 2.05) is 0 Å². The summed E-state index contributed by atoms with van der Waals surface area (Å²) in [6, 6.07) is 7.80. The average molecular weight is 320 g/mol. The molecule has 23 heavy (non-hydrogen) atoms. The van der Waals surface area contributed by atoms with Crippen LogP contribution in [0.25, 0.3) is 0 Å². The summed E-state index contributed by atoms with van der Waals surface area (Å²) in [5.41, 5.74) is 0.355. The summed E-state index contributed by atoms with van der Waals surface area (Å²) in [5, 5.41) is 11.9. The standard InChI is InChI=1S/C18H28N2O3/c1-2-3-4-5-6-7-8-12-15-19-17(21)20(18(22)23)16-13-10-9-11-14-16/h9-11,13-14H,2-8,12,15H2,1H3,(H,19,21)(H,22,23). The highest BCUT2D eigenvalue weighted by molar-refractivity contribution is 6.10. The van der Waals surface area contributed by atoms with Crippen LogP contribution in [0.4, 0.5) is 15.3 Å². The number of hydrogen-bond acceptors (Lipinski definition) is 2. The zero-order valence-electron chi connectivity index (χ0n) is 14.0. The van der Waals surface area contributed by atoms with Gasteiger partial charge >= 0.3 is 12.1 Å². The average Bonchev–Trinajstić information content (AvgIpc) is 2.54. The molecule has 3 amide bonds. The molecule has 0 saturated heterocycles. The predicted octanol–water partition coefficient (Wildman–Crippen LogP) is 5.02. The number of imide groups is 1. The Morgan fingerprint density at radius 3 is 2.09 bits per heavy atom. The first-order valence-electron chi connectivity index (χ1n) is 8.52. The molecule has 0 saturated carbocycles. The fourth-order valence-corrected chi connectivity index (χ4v) is 2.42. The topological polar surface area (TPSA) is 69.6 Å². The lowest BCUT2D eigenvalue weighted by molar-refractivity contribution is 0.199. The second-order valence-corrected chi connectivity index (χ2v) is 5.66. The Bertz CT molecular complexity index is 463. The molecular weight excluding hydrogens is 292 g/mol. The van der Waals surface area contributed by atoms with Crippen molar-refractivity contribution >= 4 is 17.8 Å². The number of para-hydroxylation sites is 1. The van der Waals surface area contributed by atoms with Crippen molar-refractivity contribution in [1.29, 1.82) is 0 Å². The molecule has 2 N–H and O–H groups in total. The quantitative estimate of drug-likeness (QED) is 0.595. The van der Waals surface area contributed by atoms with Gasteiger partial charge < -0.3 is 10.4 Å². The van der Waals surface area contributed by atoms with Crippen molar-refractivity contribution in [2.75, 3.05) is 11.4 Å². The van der Waals surface area contributed by atoms with Gasteiger partial charge in [-0.2, -0.15) is 4.90 Å². The number of carbonyl (C=O) groups is 2. The number of urea groups is 1. The Labute approximate surface area is 138 Å². The highest BCUT2D eigenvalue weighted by Gasteiger charge is 2.21. The van der Waals surface area contributed by atoms with Gasteiger partial charge in [0.05, 0.1) is 5.69 Å². The molecular formula is C18H28N2O3. The molecule has 1 aromatic rings. The van der Waals surface area contributed by atoms with Crippen LogP contribution in [0.15, 0.2) is 30.3 Å². The number of unbranched alkanes of at least 4 members (excludes halogenated alkanes) is 7. The number of rotatable bonds is 10. The van der Waals surface area contributed by atoms with Gasteiger partial charge in [0.15, 0.2) is 0 Å².